The van der Waals surface area contributed by atoms with Crippen molar-refractivity contribution in [2.75, 3.05) is 0 Å². The summed E-state index contributed by atoms with van der Waals surface area (Å²) in [5.41, 5.74) is 1.88. The van der Waals surface area contributed by atoms with Gasteiger partial charge in [-0.15, -0.1) is 0 Å². The van der Waals surface area contributed by atoms with Gasteiger partial charge in [-0.25, -0.2) is 4.98 Å². The second-order valence-electron chi connectivity index (χ2n) is 4.07. The Hall–Kier alpha value is -1.40. The van der Waals surface area contributed by atoms with E-state index in [0.717, 1.165) is 11.1 Å². The fourth-order valence-electron chi connectivity index (χ4n) is 1.50. The molecule has 0 aliphatic rings. The maximum atomic E-state index is 12.2. The van der Waals surface area contributed by atoms with E-state index < -0.39 is 10.1 Å². The molecule has 19 heavy (non-hydrogen) atoms. The van der Waals surface area contributed by atoms with E-state index in [-0.39, 0.29) is 10.8 Å². The third-order valence-electron chi connectivity index (χ3n) is 2.65. The SMILES string of the molecule is Cc1cc(Br)c(S(=O)(=O)Oc2ccccn2)cc1C. The van der Waals surface area contributed by atoms with Crippen molar-refractivity contribution in [3.05, 3.63) is 52.1 Å². The number of halogens is 1. The molecular weight excluding hydrogens is 330 g/mol. The van der Waals surface area contributed by atoms with Crippen molar-refractivity contribution in [3.63, 3.8) is 0 Å². The zero-order valence-corrected chi connectivity index (χ0v) is 12.8. The normalized spacial score (nSPS) is 11.3. The van der Waals surface area contributed by atoms with Gasteiger partial charge in [0.05, 0.1) is 0 Å². The smallest absolute Gasteiger partial charge is 0.341 e. The molecule has 0 saturated carbocycles. The zero-order chi connectivity index (χ0) is 14.0. The lowest BCUT2D eigenvalue weighted by atomic mass is 10.1. The molecule has 0 bridgehead atoms. The molecule has 0 spiro atoms. The third kappa shape index (κ3) is 3.13. The number of benzene rings is 1. The van der Waals surface area contributed by atoms with Crippen molar-refractivity contribution in [3.8, 4) is 5.88 Å². The minimum atomic E-state index is -3.89. The highest BCUT2D eigenvalue weighted by Gasteiger charge is 2.21. The highest BCUT2D eigenvalue weighted by atomic mass is 79.9. The summed E-state index contributed by atoms with van der Waals surface area (Å²) in [6.45, 7) is 3.76. The number of nitrogens with zero attached hydrogens (tertiary/aromatic N) is 1. The van der Waals surface area contributed by atoms with Crippen LogP contribution in [0.4, 0.5) is 0 Å². The van der Waals surface area contributed by atoms with E-state index in [1.54, 1.807) is 24.3 Å². The summed E-state index contributed by atoms with van der Waals surface area (Å²) in [6, 6.07) is 8.17. The second kappa shape index (κ2) is 5.30. The molecule has 0 unspecified atom stereocenters. The van der Waals surface area contributed by atoms with Crippen LogP contribution >= 0.6 is 15.9 Å². The number of rotatable bonds is 3. The summed E-state index contributed by atoms with van der Waals surface area (Å²) in [5.74, 6) is 0.0487. The van der Waals surface area contributed by atoms with Gasteiger partial charge >= 0.3 is 10.1 Å². The molecule has 0 radical (unpaired) electrons. The summed E-state index contributed by atoms with van der Waals surface area (Å²) in [5, 5.41) is 0. The Morgan fingerprint density at radius 3 is 2.47 bits per heavy atom. The lowest BCUT2D eigenvalue weighted by Gasteiger charge is -2.10. The monoisotopic (exact) mass is 341 g/mol. The molecule has 0 amide bonds. The lowest BCUT2D eigenvalue weighted by Crippen LogP contribution is -2.11. The Morgan fingerprint density at radius 1 is 1.16 bits per heavy atom. The highest BCUT2D eigenvalue weighted by Crippen LogP contribution is 2.27. The van der Waals surface area contributed by atoms with Crippen LogP contribution in [0.25, 0.3) is 0 Å². The van der Waals surface area contributed by atoms with E-state index >= 15 is 0 Å². The maximum absolute atomic E-state index is 12.2. The van der Waals surface area contributed by atoms with Gasteiger partial charge in [0.2, 0.25) is 5.88 Å². The maximum Gasteiger partial charge on any atom is 0.341 e. The van der Waals surface area contributed by atoms with E-state index in [9.17, 15) is 8.42 Å². The van der Waals surface area contributed by atoms with Gasteiger partial charge in [0.25, 0.3) is 0 Å². The molecule has 0 fully saturated rings. The van der Waals surface area contributed by atoms with Crippen molar-refractivity contribution < 1.29 is 12.6 Å². The Kier molecular flexibility index (Phi) is 3.91. The number of pyridine rings is 1. The van der Waals surface area contributed by atoms with Gasteiger partial charge in [0, 0.05) is 16.7 Å². The van der Waals surface area contributed by atoms with Crippen LogP contribution in [0.15, 0.2) is 45.9 Å². The number of hydrogen-bond acceptors (Lipinski definition) is 4. The first-order valence-electron chi connectivity index (χ1n) is 5.52. The van der Waals surface area contributed by atoms with Gasteiger partial charge in [-0.1, -0.05) is 6.07 Å². The number of aryl methyl sites for hydroxylation is 2. The predicted octanol–water partition coefficient (Wildman–Crippen LogP) is 3.23. The molecule has 0 atom stereocenters. The Morgan fingerprint density at radius 2 is 1.84 bits per heavy atom. The molecule has 100 valence electrons. The molecule has 2 aromatic rings. The standard InChI is InChI=1S/C13H12BrNO3S/c1-9-7-11(14)12(8-10(9)2)19(16,17)18-13-5-3-4-6-15-13/h3-8H,1-2H3. The molecular formula is C13H12BrNO3S. The van der Waals surface area contributed by atoms with Crippen molar-refractivity contribution in [2.24, 2.45) is 0 Å². The Bertz CT molecular complexity index is 699. The van der Waals surface area contributed by atoms with E-state index in [1.807, 2.05) is 13.8 Å². The van der Waals surface area contributed by atoms with Crippen molar-refractivity contribution in [1.29, 1.82) is 0 Å². The lowest BCUT2D eigenvalue weighted by molar-refractivity contribution is 0.475. The Balaban J connectivity index is 2.43. The molecule has 6 heteroatoms. The zero-order valence-electron chi connectivity index (χ0n) is 10.4. The molecule has 4 nitrogen and oxygen atoms in total. The predicted molar refractivity (Wildman–Crippen MR) is 75.7 cm³/mol. The van der Waals surface area contributed by atoms with Gasteiger partial charge in [0.1, 0.15) is 4.90 Å². The van der Waals surface area contributed by atoms with Gasteiger partial charge in [-0.05, 0) is 59.1 Å². The minimum Gasteiger partial charge on any atom is -0.358 e. The average Bonchev–Trinajstić information content (AvgIpc) is 2.34. The summed E-state index contributed by atoms with van der Waals surface area (Å²) in [4.78, 5) is 3.94. The van der Waals surface area contributed by atoms with E-state index in [1.165, 1.54) is 12.3 Å². The fourth-order valence-corrected chi connectivity index (χ4v) is 3.58. The first kappa shape index (κ1) is 14.0. The van der Waals surface area contributed by atoms with Gasteiger partial charge in [0.15, 0.2) is 0 Å². The van der Waals surface area contributed by atoms with E-state index in [2.05, 4.69) is 20.9 Å². The van der Waals surface area contributed by atoms with Gasteiger partial charge in [-0.2, -0.15) is 8.42 Å². The van der Waals surface area contributed by atoms with E-state index in [4.69, 9.17) is 4.18 Å². The van der Waals surface area contributed by atoms with Gasteiger partial charge in [-0.3, -0.25) is 0 Å². The van der Waals surface area contributed by atoms with Crippen LogP contribution < -0.4 is 4.18 Å². The molecule has 0 saturated heterocycles. The topological polar surface area (TPSA) is 56.3 Å². The second-order valence-corrected chi connectivity index (χ2v) is 6.44. The van der Waals surface area contributed by atoms with Crippen LogP contribution in [-0.2, 0) is 10.1 Å². The molecule has 0 aliphatic carbocycles. The first-order chi connectivity index (χ1) is 8.90. The number of hydrogen-bond donors (Lipinski definition) is 0. The van der Waals surface area contributed by atoms with E-state index in [0.29, 0.717) is 4.47 Å². The first-order valence-corrected chi connectivity index (χ1v) is 7.72. The summed E-state index contributed by atoms with van der Waals surface area (Å²) >= 11 is 3.25. The molecule has 0 N–H and O–H groups in total. The molecule has 1 aromatic heterocycles. The Labute approximate surface area is 120 Å². The van der Waals surface area contributed by atoms with Crippen LogP contribution in [0.1, 0.15) is 11.1 Å². The third-order valence-corrected chi connectivity index (χ3v) is 4.84. The van der Waals surface area contributed by atoms with Gasteiger partial charge < -0.3 is 4.18 Å². The summed E-state index contributed by atoms with van der Waals surface area (Å²) in [6.07, 6.45) is 1.47. The van der Waals surface area contributed by atoms with Crippen LogP contribution in [0.3, 0.4) is 0 Å². The van der Waals surface area contributed by atoms with Crippen molar-refractivity contribution >= 4 is 26.0 Å². The minimum absolute atomic E-state index is 0.0487. The highest BCUT2D eigenvalue weighted by molar-refractivity contribution is 9.10. The fraction of sp³-hybridized carbons (Fsp3) is 0.154. The van der Waals surface area contributed by atoms with Crippen LogP contribution in [0.5, 0.6) is 5.88 Å². The molecule has 0 aliphatic heterocycles. The van der Waals surface area contributed by atoms with Crippen molar-refractivity contribution in [2.45, 2.75) is 18.7 Å². The molecule has 1 aromatic carbocycles. The molecule has 2 rings (SSSR count). The summed E-state index contributed by atoms with van der Waals surface area (Å²) < 4.78 is 29.9. The van der Waals surface area contributed by atoms with Crippen LogP contribution in [0.2, 0.25) is 0 Å². The van der Waals surface area contributed by atoms with Crippen LogP contribution in [0, 0.1) is 13.8 Å². The van der Waals surface area contributed by atoms with Crippen LogP contribution in [-0.4, -0.2) is 13.4 Å². The summed E-state index contributed by atoms with van der Waals surface area (Å²) in [7, 11) is -3.89. The average molecular weight is 342 g/mol. The molecule has 1 heterocycles. The quantitative estimate of drug-likeness (QED) is 0.804. The largest absolute Gasteiger partial charge is 0.358 e. The number of aromatic nitrogens is 1. The van der Waals surface area contributed by atoms with Crippen molar-refractivity contribution in [1.82, 2.24) is 4.98 Å².